The van der Waals surface area contributed by atoms with E-state index in [4.69, 9.17) is 0 Å². The molecule has 2 unspecified atom stereocenters. The van der Waals surface area contributed by atoms with Gasteiger partial charge in [0.25, 0.3) is 0 Å². The van der Waals surface area contributed by atoms with Crippen LogP contribution in [0.5, 0.6) is 0 Å². The van der Waals surface area contributed by atoms with Crippen molar-refractivity contribution < 1.29 is 20.4 Å². The summed E-state index contributed by atoms with van der Waals surface area (Å²) < 4.78 is 2.71. The van der Waals surface area contributed by atoms with Gasteiger partial charge in [-0.15, -0.1) is 0 Å². The van der Waals surface area contributed by atoms with E-state index < -0.39 is 20.4 Å². The van der Waals surface area contributed by atoms with E-state index in [9.17, 15) is 0 Å². The molecule has 0 bridgehead atoms. The Morgan fingerprint density at radius 3 is 2.17 bits per heavy atom. The third kappa shape index (κ3) is 3.35. The van der Waals surface area contributed by atoms with Gasteiger partial charge in [0, 0.05) is 0 Å². The summed E-state index contributed by atoms with van der Waals surface area (Å²) in [6.45, 7) is 9.76. The first-order valence-corrected chi connectivity index (χ1v) is 19.8. The molecular formula is C28H32SiZr. The topological polar surface area (TPSA) is 0 Å². The summed E-state index contributed by atoms with van der Waals surface area (Å²) in [5, 5.41) is 0. The van der Waals surface area contributed by atoms with E-state index in [2.05, 4.69) is 88.4 Å². The fraction of sp³-hybridized carbons (Fsp3) is 0.357. The monoisotopic (exact) mass is 486 g/mol. The van der Waals surface area contributed by atoms with Crippen molar-refractivity contribution in [2.24, 2.45) is 5.92 Å². The SMILES string of the molecule is CC1=C(C)C(C)[C]([Zr]([CH]2C=C(c3ccccc3)c3ccccc32)=[Si]2CCCC2)=C1C. The summed E-state index contributed by atoms with van der Waals surface area (Å²) in [5.41, 5.74) is 10.8. The zero-order valence-corrected chi connectivity index (χ0v) is 22.2. The van der Waals surface area contributed by atoms with Crippen LogP contribution < -0.4 is 0 Å². The molecule has 0 spiro atoms. The summed E-state index contributed by atoms with van der Waals surface area (Å²) in [4.78, 5) is 0. The zero-order chi connectivity index (χ0) is 20.8. The predicted molar refractivity (Wildman–Crippen MR) is 128 cm³/mol. The number of benzene rings is 2. The molecule has 0 aromatic heterocycles. The molecule has 2 aromatic carbocycles. The molecule has 5 rings (SSSR count). The minimum atomic E-state index is -1.89. The summed E-state index contributed by atoms with van der Waals surface area (Å²) in [6, 6.07) is 23.7. The molecule has 0 saturated carbocycles. The first-order valence-electron chi connectivity index (χ1n) is 11.5. The van der Waals surface area contributed by atoms with Gasteiger partial charge in [0.05, 0.1) is 0 Å². The second kappa shape index (κ2) is 8.36. The summed E-state index contributed by atoms with van der Waals surface area (Å²) in [6.07, 6.45) is 5.73. The fourth-order valence-corrected chi connectivity index (χ4v) is 31.5. The average Bonchev–Trinajstić information content (AvgIpc) is 3.48. The minimum absolute atomic E-state index is 0.207. The van der Waals surface area contributed by atoms with Gasteiger partial charge in [-0.25, -0.2) is 0 Å². The second-order valence-electron chi connectivity index (χ2n) is 9.30. The number of hydrogen-bond donors (Lipinski definition) is 0. The van der Waals surface area contributed by atoms with Gasteiger partial charge in [-0.2, -0.15) is 0 Å². The summed E-state index contributed by atoms with van der Waals surface area (Å²) in [5.74, 6) is 0.693. The molecule has 1 aliphatic heterocycles. The first kappa shape index (κ1) is 20.7. The van der Waals surface area contributed by atoms with Gasteiger partial charge in [-0.05, 0) is 0 Å². The van der Waals surface area contributed by atoms with Crippen molar-refractivity contribution in [2.75, 3.05) is 0 Å². The standard InChI is InChI=1S/C15H11.C9H13.C4H8Si.Zr/c1-2-6-12(7-3-1)15-11-10-13-8-4-5-9-14(13)15;1-6-5-7(2)9(4)8(6)3;1-2-4-5-3-1;/h1-11H;6H,1-4H3;1-4H2;. The van der Waals surface area contributed by atoms with Gasteiger partial charge < -0.3 is 0 Å². The molecule has 2 atom stereocenters. The number of allylic oxidation sites excluding steroid dienone is 5. The van der Waals surface area contributed by atoms with Crippen molar-refractivity contribution in [1.82, 2.24) is 0 Å². The Bertz CT molecular complexity index is 1120. The molecule has 0 nitrogen and oxygen atoms in total. The number of rotatable bonds is 3. The molecule has 2 aliphatic carbocycles. The van der Waals surface area contributed by atoms with Crippen LogP contribution in [-0.4, -0.2) is 5.43 Å². The number of hydrogen-bond acceptors (Lipinski definition) is 0. The van der Waals surface area contributed by atoms with Gasteiger partial charge in [0.1, 0.15) is 0 Å². The fourth-order valence-electron chi connectivity index (χ4n) is 5.92. The molecule has 0 N–H and O–H groups in total. The van der Waals surface area contributed by atoms with E-state index >= 15 is 0 Å². The van der Waals surface area contributed by atoms with Crippen LogP contribution in [0.4, 0.5) is 0 Å². The Morgan fingerprint density at radius 2 is 1.50 bits per heavy atom. The molecule has 152 valence electrons. The van der Waals surface area contributed by atoms with Crippen molar-refractivity contribution >= 4 is 11.0 Å². The molecule has 3 aliphatic rings. The molecule has 30 heavy (non-hydrogen) atoms. The third-order valence-electron chi connectivity index (χ3n) is 7.83. The molecule has 0 radical (unpaired) electrons. The maximum absolute atomic E-state index is 2.74. The van der Waals surface area contributed by atoms with Gasteiger partial charge >= 0.3 is 191 Å². The van der Waals surface area contributed by atoms with Crippen molar-refractivity contribution in [3.63, 3.8) is 0 Å². The molecule has 1 saturated heterocycles. The van der Waals surface area contributed by atoms with E-state index in [1.54, 1.807) is 34.4 Å². The van der Waals surface area contributed by atoms with Crippen LogP contribution in [0.1, 0.15) is 60.9 Å². The summed E-state index contributed by atoms with van der Waals surface area (Å²) in [7, 11) is 0. The van der Waals surface area contributed by atoms with E-state index in [0.717, 1.165) is 3.63 Å². The van der Waals surface area contributed by atoms with Crippen LogP contribution in [0.2, 0.25) is 12.1 Å². The van der Waals surface area contributed by atoms with Crippen LogP contribution in [0.3, 0.4) is 0 Å². The second-order valence-corrected chi connectivity index (χ2v) is 24.8. The molecule has 1 fully saturated rings. The van der Waals surface area contributed by atoms with Crippen molar-refractivity contribution in [1.29, 1.82) is 0 Å². The van der Waals surface area contributed by atoms with Gasteiger partial charge in [0.15, 0.2) is 0 Å². The number of fused-ring (bicyclic) bond motifs is 1. The van der Waals surface area contributed by atoms with E-state index in [1.807, 2.05) is 3.28 Å². The Balaban J connectivity index is 1.72. The molecule has 2 heteroatoms. The molecule has 1 heterocycles. The van der Waals surface area contributed by atoms with Crippen LogP contribution in [0.25, 0.3) is 5.57 Å². The van der Waals surface area contributed by atoms with Crippen LogP contribution in [-0.2, 0) is 20.4 Å². The van der Waals surface area contributed by atoms with Crippen LogP contribution in [0, 0.1) is 5.92 Å². The van der Waals surface area contributed by atoms with Crippen molar-refractivity contribution in [3.8, 4) is 0 Å². The average molecular weight is 488 g/mol. The Morgan fingerprint density at radius 1 is 0.833 bits per heavy atom. The zero-order valence-electron chi connectivity index (χ0n) is 18.8. The normalized spacial score (nSPS) is 23.3. The first-order chi connectivity index (χ1) is 14.6. The van der Waals surface area contributed by atoms with Crippen LogP contribution in [0.15, 0.2) is 80.7 Å². The van der Waals surface area contributed by atoms with Crippen molar-refractivity contribution in [2.45, 2.75) is 56.3 Å². The van der Waals surface area contributed by atoms with E-state index in [1.165, 1.54) is 29.5 Å². The molecular weight excluding hydrogens is 456 g/mol. The Labute approximate surface area is 190 Å². The van der Waals surface area contributed by atoms with Gasteiger partial charge in [-0.1, -0.05) is 0 Å². The van der Waals surface area contributed by atoms with Gasteiger partial charge in [0.2, 0.25) is 0 Å². The predicted octanol–water partition coefficient (Wildman–Crippen LogP) is 7.84. The Hall–Kier alpha value is -1.24. The van der Waals surface area contributed by atoms with E-state index in [0.29, 0.717) is 5.92 Å². The quantitative estimate of drug-likeness (QED) is 0.387. The Kier molecular flexibility index (Phi) is 5.76. The maximum atomic E-state index is 2.74. The van der Waals surface area contributed by atoms with Crippen molar-refractivity contribution in [3.05, 3.63) is 97.4 Å². The van der Waals surface area contributed by atoms with Crippen LogP contribution >= 0.6 is 0 Å². The summed E-state index contributed by atoms with van der Waals surface area (Å²) >= 11 is -1.89. The molecule has 0 amide bonds. The molecule has 2 aromatic rings. The van der Waals surface area contributed by atoms with E-state index in [-0.39, 0.29) is 5.43 Å². The third-order valence-corrected chi connectivity index (χ3v) is 29.4. The van der Waals surface area contributed by atoms with Gasteiger partial charge in [-0.3, -0.25) is 0 Å².